The second kappa shape index (κ2) is 12.1. The zero-order chi connectivity index (χ0) is 30.8. The summed E-state index contributed by atoms with van der Waals surface area (Å²) >= 11 is 0. The molecule has 0 aliphatic carbocycles. The Labute approximate surface area is 246 Å². The third-order valence-electron chi connectivity index (χ3n) is 7.19. The van der Waals surface area contributed by atoms with Crippen LogP contribution in [0.3, 0.4) is 0 Å². The van der Waals surface area contributed by atoms with Gasteiger partial charge in [-0.25, -0.2) is 9.78 Å². The number of halogens is 3. The fourth-order valence-corrected chi connectivity index (χ4v) is 10.1. The summed E-state index contributed by atoms with van der Waals surface area (Å²) in [5, 5.41) is 4.90. The van der Waals surface area contributed by atoms with Gasteiger partial charge in [-0.2, -0.15) is 13.2 Å². The molecule has 0 radical (unpaired) electrons. The van der Waals surface area contributed by atoms with Crippen LogP contribution in [0.25, 0.3) is 0 Å². The van der Waals surface area contributed by atoms with Gasteiger partial charge in [-0.05, 0) is 61.2 Å². The molecule has 0 saturated carbocycles. The Bertz CT molecular complexity index is 1320. The van der Waals surface area contributed by atoms with Crippen molar-refractivity contribution in [2.24, 2.45) is 0 Å². The van der Waals surface area contributed by atoms with Gasteiger partial charge in [0.05, 0.1) is 6.04 Å². The molecule has 1 aliphatic rings. The third kappa shape index (κ3) is 6.98. The highest BCUT2D eigenvalue weighted by Gasteiger charge is 2.50. The minimum Gasteiger partial charge on any atom is -0.472 e. The highest BCUT2D eigenvalue weighted by molar-refractivity contribution is 6.99. The van der Waals surface area contributed by atoms with Crippen LogP contribution < -0.4 is 20.4 Å². The molecule has 0 spiro atoms. The predicted octanol–water partition coefficient (Wildman–Crippen LogP) is 6.78. The molecule has 2 aromatic carbocycles. The number of benzene rings is 2. The van der Waals surface area contributed by atoms with Crippen molar-refractivity contribution in [3.05, 3.63) is 84.1 Å². The molecule has 2 atom stereocenters. The fourth-order valence-electron chi connectivity index (χ4n) is 5.45. The molecular weight excluding hydrogens is 561 g/mol. The van der Waals surface area contributed by atoms with Crippen molar-refractivity contribution in [3.8, 4) is 5.88 Å². The number of amides is 1. The molecule has 1 N–H and O–H groups in total. The number of hydrogen-bond donors (Lipinski definition) is 1. The second-order valence-electron chi connectivity index (χ2n) is 12.5. The summed E-state index contributed by atoms with van der Waals surface area (Å²) in [5.41, 5.74) is -1.41. The van der Waals surface area contributed by atoms with E-state index in [9.17, 15) is 18.0 Å². The lowest BCUT2D eigenvalue weighted by atomic mass is 10.0. The van der Waals surface area contributed by atoms with Crippen LogP contribution in [-0.4, -0.2) is 37.7 Å². The number of rotatable bonds is 8. The lowest BCUT2D eigenvalue weighted by Crippen LogP contribution is -2.66. The lowest BCUT2D eigenvalue weighted by molar-refractivity contribution is -0.141. The summed E-state index contributed by atoms with van der Waals surface area (Å²) < 4.78 is 58.4. The van der Waals surface area contributed by atoms with Crippen molar-refractivity contribution in [2.75, 3.05) is 6.61 Å². The van der Waals surface area contributed by atoms with E-state index in [-0.39, 0.29) is 10.9 Å². The number of carbonyl (C=O) groups excluding carboxylic acids is 1. The Hall–Kier alpha value is -3.37. The van der Waals surface area contributed by atoms with Crippen LogP contribution in [0.2, 0.25) is 5.04 Å². The minimum absolute atomic E-state index is 0.135. The average Bonchev–Trinajstić information content (AvgIpc) is 3.23. The number of nitrogens with one attached hydrogen (secondary N) is 1. The van der Waals surface area contributed by atoms with Crippen LogP contribution in [0.1, 0.15) is 71.7 Å². The maximum Gasteiger partial charge on any atom is 0.433 e. The number of pyridine rings is 1. The minimum atomic E-state index is -4.62. The quantitative estimate of drug-likeness (QED) is 0.228. The van der Waals surface area contributed by atoms with E-state index in [1.165, 1.54) is 6.07 Å². The molecule has 0 bridgehead atoms. The van der Waals surface area contributed by atoms with Crippen molar-refractivity contribution in [2.45, 2.75) is 83.3 Å². The van der Waals surface area contributed by atoms with Crippen molar-refractivity contribution in [1.29, 1.82) is 0 Å². The van der Waals surface area contributed by atoms with Crippen molar-refractivity contribution in [3.63, 3.8) is 0 Å². The molecule has 0 saturated heterocycles. The number of ether oxygens (including phenoxy) is 2. The van der Waals surface area contributed by atoms with Crippen LogP contribution >= 0.6 is 0 Å². The number of fused-ring (bicyclic) bond motifs is 1. The highest BCUT2D eigenvalue weighted by Crippen LogP contribution is 2.41. The zero-order valence-electron chi connectivity index (χ0n) is 24.9. The molecule has 42 heavy (non-hydrogen) atoms. The Morgan fingerprint density at radius 2 is 1.48 bits per heavy atom. The number of alkyl carbamates (subject to hydrolysis) is 1. The van der Waals surface area contributed by atoms with Crippen molar-refractivity contribution >= 4 is 24.8 Å². The average molecular weight is 601 g/mol. The van der Waals surface area contributed by atoms with Gasteiger partial charge in [-0.1, -0.05) is 81.4 Å². The maximum atomic E-state index is 13.4. The van der Waals surface area contributed by atoms with Gasteiger partial charge in [0.1, 0.15) is 17.4 Å². The van der Waals surface area contributed by atoms with Gasteiger partial charge in [0.2, 0.25) is 5.88 Å². The number of carbonyl (C=O) groups is 1. The first kappa shape index (κ1) is 31.6. The summed E-state index contributed by atoms with van der Waals surface area (Å²) in [6.07, 6.45) is -4.99. The number of nitrogens with zero attached hydrogens (tertiary/aromatic N) is 1. The SMILES string of the molecule is CC(C)(C)OC(=O)N[C@@H]1c2ccc(C(F)(F)F)nc2O[C@@H]1CCCO[Si](c1ccccc1)(c1ccccc1)C(C)(C)C. The number of aromatic nitrogens is 1. The summed E-state index contributed by atoms with van der Waals surface area (Å²) in [6.45, 7) is 12.2. The van der Waals surface area contributed by atoms with Crippen LogP contribution in [-0.2, 0) is 15.3 Å². The van der Waals surface area contributed by atoms with Gasteiger partial charge < -0.3 is 19.2 Å². The van der Waals surface area contributed by atoms with E-state index in [0.717, 1.165) is 16.4 Å². The van der Waals surface area contributed by atoms with Crippen molar-refractivity contribution < 1.29 is 31.9 Å². The molecule has 3 aromatic rings. The smallest absolute Gasteiger partial charge is 0.433 e. The summed E-state index contributed by atoms with van der Waals surface area (Å²) in [5.74, 6) is -0.135. The summed E-state index contributed by atoms with van der Waals surface area (Å²) in [6, 6.07) is 22.0. The van der Waals surface area contributed by atoms with Gasteiger partial charge in [0, 0.05) is 12.2 Å². The first-order valence-corrected chi connectivity index (χ1v) is 16.0. The summed E-state index contributed by atoms with van der Waals surface area (Å²) in [4.78, 5) is 16.4. The Morgan fingerprint density at radius 1 is 0.905 bits per heavy atom. The van der Waals surface area contributed by atoms with E-state index in [4.69, 9.17) is 13.9 Å². The van der Waals surface area contributed by atoms with E-state index in [1.807, 2.05) is 36.4 Å². The maximum absolute atomic E-state index is 13.4. The van der Waals surface area contributed by atoms with Gasteiger partial charge in [0.15, 0.2) is 0 Å². The molecular formula is C32H39F3N2O4Si. The van der Waals surface area contributed by atoms with Gasteiger partial charge in [-0.15, -0.1) is 0 Å². The highest BCUT2D eigenvalue weighted by atomic mass is 28.4. The van der Waals surface area contributed by atoms with Gasteiger partial charge >= 0.3 is 12.3 Å². The topological polar surface area (TPSA) is 69.7 Å². The Kier molecular flexibility index (Phi) is 9.08. The second-order valence-corrected chi connectivity index (χ2v) is 16.8. The largest absolute Gasteiger partial charge is 0.472 e. The zero-order valence-corrected chi connectivity index (χ0v) is 25.9. The third-order valence-corrected chi connectivity index (χ3v) is 12.2. The van der Waals surface area contributed by atoms with Crippen LogP contribution in [0.15, 0.2) is 72.8 Å². The molecule has 0 fully saturated rings. The van der Waals surface area contributed by atoms with Crippen LogP contribution in [0, 0.1) is 0 Å². The molecule has 2 heterocycles. The van der Waals surface area contributed by atoms with E-state index >= 15 is 0 Å². The Balaban J connectivity index is 1.56. The number of alkyl halides is 3. The monoisotopic (exact) mass is 600 g/mol. The standard InChI is InChI=1S/C32H39F3N2O4Si/c1-30(2,3)41-29(38)37-27-24-19-20-26(32(33,34)35)36-28(24)40-25(27)18-13-21-39-42(31(4,5)6,22-14-9-7-10-15-22)23-16-11-8-12-17-23/h7-12,14-17,19-20,25,27H,13,18,21H2,1-6H3,(H,37,38)/t25-,27-/m1/s1. The Morgan fingerprint density at radius 3 is 1.98 bits per heavy atom. The summed E-state index contributed by atoms with van der Waals surface area (Å²) in [7, 11) is -2.76. The molecule has 4 rings (SSSR count). The predicted molar refractivity (Wildman–Crippen MR) is 159 cm³/mol. The van der Waals surface area contributed by atoms with Crippen molar-refractivity contribution in [1.82, 2.24) is 10.3 Å². The number of hydrogen-bond acceptors (Lipinski definition) is 5. The lowest BCUT2D eigenvalue weighted by Gasteiger charge is -2.43. The van der Waals surface area contributed by atoms with E-state index < -0.39 is 44.0 Å². The molecule has 226 valence electrons. The molecule has 10 heteroatoms. The normalized spacial score (nSPS) is 17.4. The molecule has 1 aliphatic heterocycles. The van der Waals surface area contributed by atoms with E-state index in [2.05, 4.69) is 55.3 Å². The first-order chi connectivity index (χ1) is 19.6. The molecule has 6 nitrogen and oxygen atoms in total. The van der Waals surface area contributed by atoms with E-state index in [0.29, 0.717) is 25.0 Å². The first-order valence-electron chi connectivity index (χ1n) is 14.1. The van der Waals surface area contributed by atoms with E-state index in [1.54, 1.807) is 20.8 Å². The molecule has 0 unspecified atom stereocenters. The van der Waals surface area contributed by atoms with Gasteiger partial charge in [0.25, 0.3) is 8.32 Å². The molecule has 1 amide bonds. The van der Waals surface area contributed by atoms with Crippen LogP contribution in [0.5, 0.6) is 5.88 Å². The molecule has 1 aromatic heterocycles. The van der Waals surface area contributed by atoms with Crippen LogP contribution in [0.4, 0.5) is 18.0 Å². The van der Waals surface area contributed by atoms with Gasteiger partial charge in [-0.3, -0.25) is 0 Å². The fraction of sp³-hybridized carbons (Fsp3) is 0.438.